The average molecular weight is 414 g/mol. The van der Waals surface area contributed by atoms with Crippen LogP contribution in [-0.2, 0) is 12.4 Å². The molecule has 2 rings (SSSR count). The van der Waals surface area contributed by atoms with Gasteiger partial charge in [-0.05, 0) is 42.5 Å². The summed E-state index contributed by atoms with van der Waals surface area (Å²) in [6, 6.07) is 7.84. The monoisotopic (exact) mass is 414 g/mol. The number of rotatable bonds is 3. The topological polar surface area (TPSA) is 32.3 Å². The predicted molar refractivity (Wildman–Crippen MR) is 96.4 cm³/mol. The SMILES string of the molecule is CN(C)c1ccc(C#CCNC(=O)c2cc(C(F)(F)F)cc(C(F)(F)F)c2)cc1. The minimum Gasteiger partial charge on any atom is -0.378 e. The standard InChI is InChI=1S/C20H16F6N2O/c1-28(2)17-7-5-13(6-8-17)4-3-9-27-18(29)14-10-15(19(21,22)23)12-16(11-14)20(24,25)26/h5-8,10-12H,9H2,1-2H3,(H,27,29). The first-order valence-corrected chi connectivity index (χ1v) is 8.22. The lowest BCUT2D eigenvalue weighted by atomic mass is 10.0. The third-order valence-corrected chi connectivity index (χ3v) is 3.80. The summed E-state index contributed by atoms with van der Waals surface area (Å²) in [6.45, 7) is -0.244. The van der Waals surface area contributed by atoms with Crippen LogP contribution in [0.4, 0.5) is 32.0 Å². The number of alkyl halides is 6. The van der Waals surface area contributed by atoms with E-state index in [9.17, 15) is 31.1 Å². The third-order valence-electron chi connectivity index (χ3n) is 3.80. The number of nitrogens with one attached hydrogen (secondary N) is 1. The first kappa shape index (κ1) is 22.1. The molecule has 0 saturated carbocycles. The van der Waals surface area contributed by atoms with Gasteiger partial charge >= 0.3 is 12.4 Å². The van der Waals surface area contributed by atoms with Crippen molar-refractivity contribution in [3.8, 4) is 11.8 Å². The minimum absolute atomic E-state index is 0.0338. The van der Waals surface area contributed by atoms with E-state index in [0.29, 0.717) is 17.7 Å². The van der Waals surface area contributed by atoms with E-state index in [-0.39, 0.29) is 12.6 Å². The zero-order chi connectivity index (χ0) is 21.8. The molecule has 0 unspecified atom stereocenters. The lowest BCUT2D eigenvalue weighted by Gasteiger charge is -2.13. The van der Waals surface area contributed by atoms with Gasteiger partial charge in [0.05, 0.1) is 17.7 Å². The molecule has 154 valence electrons. The Balaban J connectivity index is 2.13. The Hall–Kier alpha value is -3.15. The van der Waals surface area contributed by atoms with Gasteiger partial charge in [-0.15, -0.1) is 0 Å². The zero-order valence-corrected chi connectivity index (χ0v) is 15.4. The predicted octanol–water partition coefficient (Wildman–Crippen LogP) is 4.57. The van der Waals surface area contributed by atoms with Crippen LogP contribution >= 0.6 is 0 Å². The Morgan fingerprint density at radius 1 is 0.931 bits per heavy atom. The largest absolute Gasteiger partial charge is 0.416 e. The number of benzene rings is 2. The van der Waals surface area contributed by atoms with E-state index in [4.69, 9.17) is 0 Å². The van der Waals surface area contributed by atoms with Crippen molar-refractivity contribution in [1.29, 1.82) is 0 Å². The fourth-order valence-electron chi connectivity index (χ4n) is 2.30. The molecule has 2 aromatic carbocycles. The summed E-state index contributed by atoms with van der Waals surface area (Å²) in [5, 5.41) is 2.20. The summed E-state index contributed by atoms with van der Waals surface area (Å²) in [6.07, 6.45) is -10.0. The quantitative estimate of drug-likeness (QED) is 0.590. The summed E-state index contributed by atoms with van der Waals surface area (Å²) in [5.41, 5.74) is -2.25. The zero-order valence-electron chi connectivity index (χ0n) is 15.4. The number of amides is 1. The number of nitrogens with zero attached hydrogens (tertiary/aromatic N) is 1. The molecule has 1 amide bonds. The van der Waals surface area contributed by atoms with E-state index in [1.807, 2.05) is 31.1 Å². The minimum atomic E-state index is -5.02. The Morgan fingerprint density at radius 3 is 1.90 bits per heavy atom. The normalized spacial score (nSPS) is 11.4. The highest BCUT2D eigenvalue weighted by molar-refractivity contribution is 5.94. The Bertz CT molecular complexity index is 902. The van der Waals surface area contributed by atoms with E-state index < -0.39 is 35.0 Å². The molecular formula is C20H16F6N2O. The van der Waals surface area contributed by atoms with Crippen LogP contribution in [0.1, 0.15) is 27.0 Å². The van der Waals surface area contributed by atoms with Crippen molar-refractivity contribution >= 4 is 11.6 Å². The maximum absolute atomic E-state index is 12.8. The average Bonchev–Trinajstić information content (AvgIpc) is 2.63. The summed E-state index contributed by atoms with van der Waals surface area (Å²) in [7, 11) is 3.74. The van der Waals surface area contributed by atoms with Crippen molar-refractivity contribution in [2.45, 2.75) is 12.4 Å². The molecule has 2 aromatic rings. The molecule has 0 radical (unpaired) electrons. The Kier molecular flexibility index (Phi) is 6.47. The van der Waals surface area contributed by atoms with Crippen molar-refractivity contribution in [2.75, 3.05) is 25.5 Å². The van der Waals surface area contributed by atoms with Gasteiger partial charge in [0, 0.05) is 30.9 Å². The molecule has 0 saturated heterocycles. The smallest absolute Gasteiger partial charge is 0.378 e. The molecule has 0 atom stereocenters. The van der Waals surface area contributed by atoms with Gasteiger partial charge in [0.2, 0.25) is 0 Å². The van der Waals surface area contributed by atoms with Crippen LogP contribution in [0, 0.1) is 11.8 Å². The number of hydrogen-bond acceptors (Lipinski definition) is 2. The van der Waals surface area contributed by atoms with Crippen LogP contribution in [-0.4, -0.2) is 26.5 Å². The van der Waals surface area contributed by atoms with Crippen LogP contribution in [0.25, 0.3) is 0 Å². The maximum atomic E-state index is 12.8. The summed E-state index contributed by atoms with van der Waals surface area (Å²) >= 11 is 0. The van der Waals surface area contributed by atoms with Crippen LogP contribution in [0.15, 0.2) is 42.5 Å². The second-order valence-corrected chi connectivity index (χ2v) is 6.22. The second kappa shape index (κ2) is 8.47. The van der Waals surface area contributed by atoms with Crippen molar-refractivity contribution in [3.63, 3.8) is 0 Å². The molecule has 0 heterocycles. The van der Waals surface area contributed by atoms with Gasteiger partial charge in [-0.25, -0.2) is 0 Å². The van der Waals surface area contributed by atoms with Gasteiger partial charge in [0.1, 0.15) is 0 Å². The molecule has 29 heavy (non-hydrogen) atoms. The molecule has 0 spiro atoms. The van der Waals surface area contributed by atoms with E-state index in [0.717, 1.165) is 5.69 Å². The first-order valence-electron chi connectivity index (χ1n) is 8.22. The number of carbonyl (C=O) groups excluding carboxylic acids is 1. The van der Waals surface area contributed by atoms with Crippen LogP contribution in [0.3, 0.4) is 0 Å². The molecule has 0 fully saturated rings. The number of anilines is 1. The lowest BCUT2D eigenvalue weighted by molar-refractivity contribution is -0.143. The number of hydrogen-bond donors (Lipinski definition) is 1. The van der Waals surface area contributed by atoms with Crippen LogP contribution < -0.4 is 10.2 Å². The van der Waals surface area contributed by atoms with Crippen LogP contribution in [0.2, 0.25) is 0 Å². The van der Waals surface area contributed by atoms with E-state index in [1.165, 1.54) is 0 Å². The molecular weight excluding hydrogens is 398 g/mol. The summed E-state index contributed by atoms with van der Waals surface area (Å²) in [5.74, 6) is 4.26. The molecule has 0 aromatic heterocycles. The first-order chi connectivity index (χ1) is 13.4. The highest BCUT2D eigenvalue weighted by Gasteiger charge is 2.37. The van der Waals surface area contributed by atoms with Crippen molar-refractivity contribution in [3.05, 3.63) is 64.7 Å². The summed E-state index contributed by atoms with van der Waals surface area (Å²) in [4.78, 5) is 13.9. The van der Waals surface area contributed by atoms with E-state index >= 15 is 0 Å². The fraction of sp³-hybridized carbons (Fsp3) is 0.250. The molecule has 0 bridgehead atoms. The molecule has 0 aliphatic carbocycles. The van der Waals surface area contributed by atoms with Gasteiger partial charge in [-0.1, -0.05) is 11.8 Å². The lowest BCUT2D eigenvalue weighted by Crippen LogP contribution is -2.25. The van der Waals surface area contributed by atoms with Crippen molar-refractivity contribution in [2.24, 2.45) is 0 Å². The van der Waals surface area contributed by atoms with Crippen LogP contribution in [0.5, 0.6) is 0 Å². The molecule has 9 heteroatoms. The van der Waals surface area contributed by atoms with Gasteiger partial charge in [0.25, 0.3) is 5.91 Å². The van der Waals surface area contributed by atoms with Gasteiger partial charge in [-0.3, -0.25) is 4.79 Å². The third kappa shape index (κ3) is 6.17. The highest BCUT2D eigenvalue weighted by Crippen LogP contribution is 2.36. The van der Waals surface area contributed by atoms with Gasteiger partial charge < -0.3 is 10.2 Å². The Morgan fingerprint density at radius 2 is 1.45 bits per heavy atom. The number of halogens is 6. The maximum Gasteiger partial charge on any atom is 0.416 e. The molecule has 0 aliphatic rings. The van der Waals surface area contributed by atoms with Gasteiger partial charge in [0.15, 0.2) is 0 Å². The molecule has 3 nitrogen and oxygen atoms in total. The van der Waals surface area contributed by atoms with Crippen molar-refractivity contribution in [1.82, 2.24) is 5.32 Å². The van der Waals surface area contributed by atoms with E-state index in [2.05, 4.69) is 17.2 Å². The molecule has 1 N–H and O–H groups in total. The van der Waals surface area contributed by atoms with E-state index in [1.54, 1.807) is 12.1 Å². The summed E-state index contributed by atoms with van der Waals surface area (Å²) < 4.78 is 77.1. The molecule has 0 aliphatic heterocycles. The fourth-order valence-corrected chi connectivity index (χ4v) is 2.30. The highest BCUT2D eigenvalue weighted by atomic mass is 19.4. The second-order valence-electron chi connectivity index (χ2n) is 6.22. The van der Waals surface area contributed by atoms with Gasteiger partial charge in [-0.2, -0.15) is 26.3 Å². The van der Waals surface area contributed by atoms with Crippen molar-refractivity contribution < 1.29 is 31.1 Å². The Labute approximate surface area is 163 Å². The number of carbonyl (C=O) groups is 1.